The lowest BCUT2D eigenvalue weighted by molar-refractivity contribution is 0.128. The second-order valence-electron chi connectivity index (χ2n) is 5.23. The van der Waals surface area contributed by atoms with Gasteiger partial charge in [0.05, 0.1) is 0 Å². The molecule has 17 heavy (non-hydrogen) atoms. The summed E-state index contributed by atoms with van der Waals surface area (Å²) in [5.41, 5.74) is 5.83. The Morgan fingerprint density at radius 3 is 2.94 bits per heavy atom. The number of piperidine rings is 1. The molecular formula is C13H24N4. The van der Waals surface area contributed by atoms with Gasteiger partial charge >= 0.3 is 0 Å². The van der Waals surface area contributed by atoms with Crippen molar-refractivity contribution in [1.29, 1.82) is 0 Å². The average molecular weight is 236 g/mol. The van der Waals surface area contributed by atoms with Crippen molar-refractivity contribution in [1.82, 2.24) is 14.5 Å². The molecule has 1 aliphatic heterocycles. The lowest BCUT2D eigenvalue weighted by Gasteiger charge is -2.36. The molecule has 1 aromatic rings. The van der Waals surface area contributed by atoms with Crippen LogP contribution in [0.25, 0.3) is 0 Å². The SMILES string of the molecule is Cc1nccn1CCN1CCC(C)C(CN)C1. The highest BCUT2D eigenvalue weighted by molar-refractivity contribution is 4.89. The van der Waals surface area contributed by atoms with E-state index in [0.29, 0.717) is 5.92 Å². The van der Waals surface area contributed by atoms with E-state index in [4.69, 9.17) is 5.73 Å². The molecule has 1 fully saturated rings. The van der Waals surface area contributed by atoms with E-state index in [0.717, 1.165) is 37.9 Å². The fraction of sp³-hybridized carbons (Fsp3) is 0.769. The van der Waals surface area contributed by atoms with E-state index in [9.17, 15) is 0 Å². The molecule has 1 aliphatic rings. The largest absolute Gasteiger partial charge is 0.334 e. The normalized spacial score (nSPS) is 26.3. The predicted molar refractivity (Wildman–Crippen MR) is 69.7 cm³/mol. The summed E-state index contributed by atoms with van der Waals surface area (Å²) in [5, 5.41) is 0. The van der Waals surface area contributed by atoms with Gasteiger partial charge in [-0.2, -0.15) is 0 Å². The van der Waals surface area contributed by atoms with Gasteiger partial charge in [-0.05, 0) is 38.3 Å². The molecule has 2 rings (SSSR count). The quantitative estimate of drug-likeness (QED) is 0.852. The molecule has 2 atom stereocenters. The average Bonchev–Trinajstić information content (AvgIpc) is 2.74. The van der Waals surface area contributed by atoms with E-state index in [1.54, 1.807) is 0 Å². The van der Waals surface area contributed by atoms with Gasteiger partial charge in [0.25, 0.3) is 0 Å². The van der Waals surface area contributed by atoms with Crippen molar-refractivity contribution in [2.75, 3.05) is 26.2 Å². The number of rotatable bonds is 4. The summed E-state index contributed by atoms with van der Waals surface area (Å²) in [6.07, 6.45) is 5.21. The van der Waals surface area contributed by atoms with Crippen LogP contribution in [0.4, 0.5) is 0 Å². The van der Waals surface area contributed by atoms with Crippen LogP contribution in [0, 0.1) is 18.8 Å². The molecule has 0 amide bonds. The maximum absolute atomic E-state index is 5.83. The summed E-state index contributed by atoms with van der Waals surface area (Å²) in [6.45, 7) is 9.73. The minimum Gasteiger partial charge on any atom is -0.334 e. The Balaban J connectivity index is 1.82. The number of likely N-dealkylation sites (tertiary alicyclic amines) is 1. The number of imidazole rings is 1. The van der Waals surface area contributed by atoms with Gasteiger partial charge in [-0.1, -0.05) is 6.92 Å². The second-order valence-corrected chi connectivity index (χ2v) is 5.23. The molecule has 0 bridgehead atoms. The predicted octanol–water partition coefficient (Wildman–Crippen LogP) is 1.11. The number of hydrogen-bond acceptors (Lipinski definition) is 3. The summed E-state index contributed by atoms with van der Waals surface area (Å²) in [4.78, 5) is 6.79. The zero-order valence-electron chi connectivity index (χ0n) is 11.0. The molecule has 0 spiro atoms. The Kier molecular flexibility index (Phi) is 4.18. The van der Waals surface area contributed by atoms with Crippen LogP contribution in [0.3, 0.4) is 0 Å². The highest BCUT2D eigenvalue weighted by Gasteiger charge is 2.24. The van der Waals surface area contributed by atoms with E-state index in [-0.39, 0.29) is 0 Å². The molecule has 96 valence electrons. The Morgan fingerprint density at radius 2 is 2.29 bits per heavy atom. The van der Waals surface area contributed by atoms with Crippen molar-refractivity contribution in [2.24, 2.45) is 17.6 Å². The maximum atomic E-state index is 5.83. The Labute approximate surface area is 104 Å². The van der Waals surface area contributed by atoms with Crippen LogP contribution < -0.4 is 5.73 Å². The lowest BCUT2D eigenvalue weighted by atomic mass is 9.87. The van der Waals surface area contributed by atoms with Crippen molar-refractivity contribution in [3.63, 3.8) is 0 Å². The zero-order valence-corrected chi connectivity index (χ0v) is 11.0. The first-order valence-electron chi connectivity index (χ1n) is 6.61. The number of nitrogens with two attached hydrogens (primary N) is 1. The molecule has 0 radical (unpaired) electrons. The highest BCUT2D eigenvalue weighted by atomic mass is 15.2. The third-order valence-electron chi connectivity index (χ3n) is 4.08. The van der Waals surface area contributed by atoms with Gasteiger partial charge < -0.3 is 15.2 Å². The third kappa shape index (κ3) is 3.07. The van der Waals surface area contributed by atoms with Crippen LogP contribution in [0.2, 0.25) is 0 Å². The van der Waals surface area contributed by atoms with Crippen LogP contribution in [-0.4, -0.2) is 40.6 Å². The molecule has 0 aromatic carbocycles. The van der Waals surface area contributed by atoms with E-state index < -0.39 is 0 Å². The van der Waals surface area contributed by atoms with E-state index in [2.05, 4.69) is 34.5 Å². The molecular weight excluding hydrogens is 212 g/mol. The first kappa shape index (κ1) is 12.6. The minimum absolute atomic E-state index is 0.674. The first-order valence-corrected chi connectivity index (χ1v) is 6.61. The second kappa shape index (κ2) is 5.65. The molecule has 2 heterocycles. The van der Waals surface area contributed by atoms with Gasteiger partial charge in [0, 0.05) is 32.0 Å². The number of aromatic nitrogens is 2. The molecule has 1 aromatic heterocycles. The number of aryl methyl sites for hydroxylation is 1. The lowest BCUT2D eigenvalue weighted by Crippen LogP contribution is -2.43. The topological polar surface area (TPSA) is 47.1 Å². The molecule has 0 saturated carbocycles. The van der Waals surface area contributed by atoms with Gasteiger partial charge in [0.1, 0.15) is 5.82 Å². The summed E-state index contributed by atoms with van der Waals surface area (Å²) >= 11 is 0. The Bertz CT molecular complexity index is 347. The first-order chi connectivity index (χ1) is 8.20. The van der Waals surface area contributed by atoms with Gasteiger partial charge in [-0.25, -0.2) is 4.98 Å². The fourth-order valence-electron chi connectivity index (χ4n) is 2.62. The molecule has 1 saturated heterocycles. The van der Waals surface area contributed by atoms with Crippen molar-refractivity contribution < 1.29 is 0 Å². The maximum Gasteiger partial charge on any atom is 0.105 e. The van der Waals surface area contributed by atoms with Gasteiger partial charge in [-0.3, -0.25) is 0 Å². The van der Waals surface area contributed by atoms with Gasteiger partial charge in [0.2, 0.25) is 0 Å². The summed E-state index contributed by atoms with van der Waals surface area (Å²) in [6, 6.07) is 0. The number of nitrogens with zero attached hydrogens (tertiary/aromatic N) is 3. The Morgan fingerprint density at radius 1 is 1.47 bits per heavy atom. The van der Waals surface area contributed by atoms with Gasteiger partial charge in [-0.15, -0.1) is 0 Å². The molecule has 4 heteroatoms. The summed E-state index contributed by atoms with van der Waals surface area (Å²) in [7, 11) is 0. The molecule has 4 nitrogen and oxygen atoms in total. The standard InChI is InChI=1S/C13H24N4/c1-11-3-5-16(10-13(11)9-14)7-8-17-6-4-15-12(17)2/h4,6,11,13H,3,5,7-10,14H2,1-2H3. The number of hydrogen-bond donors (Lipinski definition) is 1. The van der Waals surface area contributed by atoms with E-state index >= 15 is 0 Å². The zero-order chi connectivity index (χ0) is 12.3. The molecule has 2 unspecified atom stereocenters. The summed E-state index contributed by atoms with van der Waals surface area (Å²) in [5.74, 6) is 2.56. The van der Waals surface area contributed by atoms with E-state index in [1.165, 1.54) is 13.0 Å². The Hall–Kier alpha value is -0.870. The fourth-order valence-corrected chi connectivity index (χ4v) is 2.62. The van der Waals surface area contributed by atoms with Crippen LogP contribution in [-0.2, 0) is 6.54 Å². The third-order valence-corrected chi connectivity index (χ3v) is 4.08. The van der Waals surface area contributed by atoms with Crippen LogP contribution in [0.1, 0.15) is 19.2 Å². The minimum atomic E-state index is 0.674. The van der Waals surface area contributed by atoms with Crippen molar-refractivity contribution in [3.8, 4) is 0 Å². The summed E-state index contributed by atoms with van der Waals surface area (Å²) < 4.78 is 2.22. The monoisotopic (exact) mass is 236 g/mol. The molecule has 0 aliphatic carbocycles. The van der Waals surface area contributed by atoms with Crippen LogP contribution >= 0.6 is 0 Å². The van der Waals surface area contributed by atoms with Crippen LogP contribution in [0.15, 0.2) is 12.4 Å². The van der Waals surface area contributed by atoms with Gasteiger partial charge in [0.15, 0.2) is 0 Å². The van der Waals surface area contributed by atoms with Crippen molar-refractivity contribution >= 4 is 0 Å². The van der Waals surface area contributed by atoms with Crippen molar-refractivity contribution in [2.45, 2.75) is 26.8 Å². The van der Waals surface area contributed by atoms with E-state index in [1.807, 2.05) is 6.20 Å². The van der Waals surface area contributed by atoms with Crippen molar-refractivity contribution in [3.05, 3.63) is 18.2 Å². The molecule has 2 N–H and O–H groups in total. The smallest absolute Gasteiger partial charge is 0.105 e. The highest BCUT2D eigenvalue weighted by Crippen LogP contribution is 2.21. The van der Waals surface area contributed by atoms with Crippen LogP contribution in [0.5, 0.6) is 0 Å².